The number of aromatic nitrogens is 1. The zero-order chi connectivity index (χ0) is 16.5. The standard InChI is InChI=1S/C14H20N2O5S/c1-4-10-11(14(18)21-3)8(2)12(16-10)13(17)15-9-5-6-22(19,20)7-9/h9,16H,4-7H2,1-3H3,(H,15,17)/t9-/m1/s1. The molecule has 1 aliphatic heterocycles. The number of carbonyl (C=O) groups excluding carboxylic acids is 2. The van der Waals surface area contributed by atoms with Crippen molar-refractivity contribution in [2.45, 2.75) is 32.7 Å². The highest BCUT2D eigenvalue weighted by Crippen LogP contribution is 2.21. The molecule has 0 bridgehead atoms. The second-order valence-corrected chi connectivity index (χ2v) is 7.63. The van der Waals surface area contributed by atoms with Crippen LogP contribution in [0.1, 0.15) is 45.4 Å². The molecule has 1 fully saturated rings. The average molecular weight is 328 g/mol. The molecule has 0 radical (unpaired) electrons. The number of hydrogen-bond donors (Lipinski definition) is 2. The quantitative estimate of drug-likeness (QED) is 0.787. The molecule has 1 aliphatic rings. The summed E-state index contributed by atoms with van der Waals surface area (Å²) < 4.78 is 27.6. The lowest BCUT2D eigenvalue weighted by Crippen LogP contribution is -2.36. The van der Waals surface area contributed by atoms with Gasteiger partial charge < -0.3 is 15.0 Å². The second kappa shape index (κ2) is 6.12. The minimum Gasteiger partial charge on any atom is -0.465 e. The normalized spacial score (nSPS) is 19.9. The SMILES string of the molecule is CCc1[nH]c(C(=O)N[C@@H]2CCS(=O)(=O)C2)c(C)c1C(=O)OC. The van der Waals surface area contributed by atoms with Gasteiger partial charge in [-0.15, -0.1) is 0 Å². The van der Waals surface area contributed by atoms with E-state index in [0.717, 1.165) is 0 Å². The highest BCUT2D eigenvalue weighted by molar-refractivity contribution is 7.91. The van der Waals surface area contributed by atoms with Crippen molar-refractivity contribution in [3.05, 3.63) is 22.5 Å². The molecule has 8 heteroatoms. The summed E-state index contributed by atoms with van der Waals surface area (Å²) in [4.78, 5) is 27.1. The molecule has 2 heterocycles. The Bertz CT molecular complexity index is 705. The fourth-order valence-electron chi connectivity index (χ4n) is 2.70. The molecule has 2 N–H and O–H groups in total. The molecular weight excluding hydrogens is 308 g/mol. The number of carbonyl (C=O) groups is 2. The molecule has 0 saturated carbocycles. The smallest absolute Gasteiger partial charge is 0.339 e. The van der Waals surface area contributed by atoms with E-state index in [2.05, 4.69) is 10.3 Å². The molecule has 0 unspecified atom stereocenters. The number of ether oxygens (including phenoxy) is 1. The van der Waals surface area contributed by atoms with Crippen LogP contribution in [0.5, 0.6) is 0 Å². The molecule has 1 atom stereocenters. The molecule has 0 aromatic carbocycles. The lowest BCUT2D eigenvalue weighted by molar-refractivity contribution is 0.0599. The van der Waals surface area contributed by atoms with Crippen LogP contribution in [0.25, 0.3) is 0 Å². The number of H-pyrrole nitrogens is 1. The van der Waals surface area contributed by atoms with Crippen LogP contribution in [-0.4, -0.2) is 49.9 Å². The van der Waals surface area contributed by atoms with Crippen molar-refractivity contribution in [3.8, 4) is 0 Å². The molecule has 1 aromatic heterocycles. The van der Waals surface area contributed by atoms with Crippen LogP contribution in [0.3, 0.4) is 0 Å². The summed E-state index contributed by atoms with van der Waals surface area (Å²) in [5.41, 5.74) is 1.80. The van der Waals surface area contributed by atoms with Crippen molar-refractivity contribution in [3.63, 3.8) is 0 Å². The Kier molecular flexibility index (Phi) is 4.60. The van der Waals surface area contributed by atoms with Gasteiger partial charge in [0, 0.05) is 11.7 Å². The van der Waals surface area contributed by atoms with E-state index >= 15 is 0 Å². The maximum atomic E-state index is 12.3. The van der Waals surface area contributed by atoms with Crippen molar-refractivity contribution in [1.29, 1.82) is 0 Å². The molecule has 1 amide bonds. The van der Waals surface area contributed by atoms with E-state index in [4.69, 9.17) is 4.74 Å². The van der Waals surface area contributed by atoms with E-state index in [9.17, 15) is 18.0 Å². The summed E-state index contributed by atoms with van der Waals surface area (Å²) in [5, 5.41) is 2.71. The highest BCUT2D eigenvalue weighted by atomic mass is 32.2. The predicted molar refractivity (Wildman–Crippen MR) is 80.8 cm³/mol. The van der Waals surface area contributed by atoms with E-state index in [1.165, 1.54) is 7.11 Å². The fourth-order valence-corrected chi connectivity index (χ4v) is 4.37. The fraction of sp³-hybridized carbons (Fsp3) is 0.571. The first kappa shape index (κ1) is 16.5. The lowest BCUT2D eigenvalue weighted by atomic mass is 10.1. The Labute approximate surface area is 129 Å². The van der Waals surface area contributed by atoms with Gasteiger partial charge >= 0.3 is 5.97 Å². The minimum absolute atomic E-state index is 0.0387. The number of amides is 1. The number of aromatic amines is 1. The van der Waals surface area contributed by atoms with Crippen LogP contribution >= 0.6 is 0 Å². The predicted octanol–water partition coefficient (Wildman–Crippen LogP) is 0.589. The molecule has 0 aliphatic carbocycles. The van der Waals surface area contributed by atoms with Crippen LogP contribution in [0.4, 0.5) is 0 Å². The van der Waals surface area contributed by atoms with E-state index in [1.54, 1.807) is 6.92 Å². The van der Waals surface area contributed by atoms with E-state index in [-0.39, 0.29) is 23.2 Å². The van der Waals surface area contributed by atoms with E-state index < -0.39 is 21.7 Å². The molecule has 1 saturated heterocycles. The highest BCUT2D eigenvalue weighted by Gasteiger charge is 2.31. The molecule has 2 rings (SSSR count). The van der Waals surface area contributed by atoms with Crippen molar-refractivity contribution in [2.24, 2.45) is 0 Å². The minimum atomic E-state index is -3.06. The third kappa shape index (κ3) is 3.16. The van der Waals surface area contributed by atoms with Crippen LogP contribution < -0.4 is 5.32 Å². The molecule has 122 valence electrons. The maximum Gasteiger partial charge on any atom is 0.339 e. The first-order valence-corrected chi connectivity index (χ1v) is 8.92. The second-order valence-electron chi connectivity index (χ2n) is 5.40. The summed E-state index contributed by atoms with van der Waals surface area (Å²) in [7, 11) is -1.77. The van der Waals surface area contributed by atoms with Crippen molar-refractivity contribution in [1.82, 2.24) is 10.3 Å². The van der Waals surface area contributed by atoms with Gasteiger partial charge in [-0.05, 0) is 25.3 Å². The molecular formula is C14H20N2O5S. The first-order valence-electron chi connectivity index (χ1n) is 7.10. The number of sulfone groups is 1. The topological polar surface area (TPSA) is 105 Å². The Hall–Kier alpha value is -1.83. The summed E-state index contributed by atoms with van der Waals surface area (Å²) in [5.74, 6) is -0.837. The number of nitrogens with one attached hydrogen (secondary N) is 2. The third-order valence-electron chi connectivity index (χ3n) is 3.87. The zero-order valence-corrected chi connectivity index (χ0v) is 13.7. The van der Waals surface area contributed by atoms with Gasteiger partial charge in [-0.1, -0.05) is 6.92 Å². The van der Waals surface area contributed by atoms with Crippen LogP contribution in [0.2, 0.25) is 0 Å². The molecule has 22 heavy (non-hydrogen) atoms. The Morgan fingerprint density at radius 2 is 2.09 bits per heavy atom. The van der Waals surface area contributed by atoms with Crippen LogP contribution in [0.15, 0.2) is 0 Å². The number of rotatable bonds is 4. The van der Waals surface area contributed by atoms with Gasteiger partial charge in [-0.3, -0.25) is 4.79 Å². The van der Waals surface area contributed by atoms with Gasteiger partial charge in [0.1, 0.15) is 5.69 Å². The number of esters is 1. The Morgan fingerprint density at radius 3 is 2.59 bits per heavy atom. The molecule has 7 nitrogen and oxygen atoms in total. The van der Waals surface area contributed by atoms with Crippen molar-refractivity contribution >= 4 is 21.7 Å². The zero-order valence-electron chi connectivity index (χ0n) is 12.9. The largest absolute Gasteiger partial charge is 0.465 e. The van der Waals surface area contributed by atoms with Crippen LogP contribution in [-0.2, 0) is 21.0 Å². The van der Waals surface area contributed by atoms with Gasteiger partial charge in [-0.2, -0.15) is 0 Å². The summed E-state index contributed by atoms with van der Waals surface area (Å²) in [6, 6.07) is -0.383. The first-order chi connectivity index (χ1) is 10.3. The maximum absolute atomic E-state index is 12.3. The Morgan fingerprint density at radius 1 is 1.41 bits per heavy atom. The summed E-state index contributed by atoms with van der Waals surface area (Å²) >= 11 is 0. The summed E-state index contributed by atoms with van der Waals surface area (Å²) in [6.07, 6.45) is 0.967. The van der Waals surface area contributed by atoms with Gasteiger partial charge in [0.2, 0.25) is 0 Å². The Balaban J connectivity index is 2.24. The van der Waals surface area contributed by atoms with E-state index in [1.807, 2.05) is 6.92 Å². The molecule has 0 spiro atoms. The third-order valence-corrected chi connectivity index (χ3v) is 5.63. The van der Waals surface area contributed by atoms with Gasteiger partial charge in [0.05, 0.1) is 24.2 Å². The van der Waals surface area contributed by atoms with Gasteiger partial charge in [0.15, 0.2) is 9.84 Å². The van der Waals surface area contributed by atoms with Gasteiger partial charge in [0.25, 0.3) is 5.91 Å². The lowest BCUT2D eigenvalue weighted by Gasteiger charge is -2.10. The number of methoxy groups -OCH3 is 1. The molecule has 1 aromatic rings. The monoisotopic (exact) mass is 328 g/mol. The van der Waals surface area contributed by atoms with Crippen LogP contribution in [0, 0.1) is 6.92 Å². The summed E-state index contributed by atoms with van der Waals surface area (Å²) in [6.45, 7) is 3.53. The van der Waals surface area contributed by atoms with E-state index in [0.29, 0.717) is 29.7 Å². The van der Waals surface area contributed by atoms with Gasteiger partial charge in [-0.25, -0.2) is 13.2 Å². The van der Waals surface area contributed by atoms with Crippen molar-refractivity contribution < 1.29 is 22.7 Å². The van der Waals surface area contributed by atoms with Crippen molar-refractivity contribution in [2.75, 3.05) is 18.6 Å². The average Bonchev–Trinajstić information content (AvgIpc) is 2.97. The number of aryl methyl sites for hydroxylation is 1. The number of hydrogen-bond acceptors (Lipinski definition) is 5.